The van der Waals surface area contributed by atoms with E-state index in [0.29, 0.717) is 5.92 Å². The first-order chi connectivity index (χ1) is 5.43. The molecule has 0 bridgehead atoms. The van der Waals surface area contributed by atoms with Crippen molar-refractivity contribution in [3.63, 3.8) is 0 Å². The summed E-state index contributed by atoms with van der Waals surface area (Å²) >= 11 is 0. The molecule has 60 valence electrons. The second-order valence-electron chi connectivity index (χ2n) is 3.67. The molecule has 1 nitrogen and oxygen atoms in total. The molecule has 0 N–H and O–H groups in total. The van der Waals surface area contributed by atoms with Crippen molar-refractivity contribution in [2.24, 2.45) is 17.8 Å². The van der Waals surface area contributed by atoms with E-state index in [4.69, 9.17) is 0 Å². The van der Waals surface area contributed by atoms with Crippen LogP contribution in [0.2, 0.25) is 0 Å². The number of allylic oxidation sites excluding steroid dienone is 2. The number of carbonyl (C=O) groups excluding carboxylic acids is 1. The van der Waals surface area contributed by atoms with Gasteiger partial charge in [0.1, 0.15) is 6.29 Å². The molecule has 2 unspecified atom stereocenters. The molecule has 0 heterocycles. The second-order valence-corrected chi connectivity index (χ2v) is 3.67. The van der Waals surface area contributed by atoms with Crippen molar-refractivity contribution in [2.45, 2.75) is 25.7 Å². The quantitative estimate of drug-likeness (QED) is 0.413. The lowest BCUT2D eigenvalue weighted by Crippen LogP contribution is -1.85. The molecule has 0 amide bonds. The van der Waals surface area contributed by atoms with E-state index in [9.17, 15) is 4.79 Å². The van der Waals surface area contributed by atoms with E-state index in [0.717, 1.165) is 11.8 Å². The van der Waals surface area contributed by atoms with Crippen LogP contribution in [0.1, 0.15) is 25.7 Å². The van der Waals surface area contributed by atoms with Gasteiger partial charge in [0, 0.05) is 5.92 Å². The fourth-order valence-corrected chi connectivity index (χ4v) is 2.30. The fourth-order valence-electron chi connectivity index (χ4n) is 2.30. The van der Waals surface area contributed by atoms with Gasteiger partial charge in [-0.15, -0.1) is 0 Å². The van der Waals surface area contributed by atoms with E-state index in [1.807, 2.05) is 0 Å². The Morgan fingerprint density at radius 1 is 1.09 bits per heavy atom. The van der Waals surface area contributed by atoms with Crippen molar-refractivity contribution in [2.75, 3.05) is 0 Å². The van der Waals surface area contributed by atoms with Gasteiger partial charge in [-0.25, -0.2) is 0 Å². The van der Waals surface area contributed by atoms with Gasteiger partial charge in [0.2, 0.25) is 0 Å². The summed E-state index contributed by atoms with van der Waals surface area (Å²) in [7, 11) is 0. The Morgan fingerprint density at radius 2 is 1.64 bits per heavy atom. The van der Waals surface area contributed by atoms with Crippen molar-refractivity contribution in [3.05, 3.63) is 12.2 Å². The Bertz CT molecular complexity index is 167. The number of carbonyl (C=O) groups is 1. The third kappa shape index (κ3) is 1.24. The molecule has 1 saturated carbocycles. The van der Waals surface area contributed by atoms with Crippen molar-refractivity contribution in [1.29, 1.82) is 0 Å². The van der Waals surface area contributed by atoms with Gasteiger partial charge in [0.15, 0.2) is 0 Å². The number of hydrogen-bond donors (Lipinski definition) is 0. The van der Waals surface area contributed by atoms with Gasteiger partial charge >= 0.3 is 0 Å². The molecule has 0 spiro atoms. The minimum atomic E-state index is 0.426. The number of rotatable bonds is 1. The molecule has 2 aliphatic rings. The lowest BCUT2D eigenvalue weighted by Gasteiger charge is -1.99. The Kier molecular flexibility index (Phi) is 1.80. The van der Waals surface area contributed by atoms with Gasteiger partial charge in [0.25, 0.3) is 0 Å². The van der Waals surface area contributed by atoms with Gasteiger partial charge in [0.05, 0.1) is 0 Å². The fraction of sp³-hybridized carbons (Fsp3) is 0.700. The average Bonchev–Trinajstić information content (AvgIpc) is 2.60. The zero-order valence-electron chi connectivity index (χ0n) is 6.70. The highest BCUT2D eigenvalue weighted by atomic mass is 16.1. The van der Waals surface area contributed by atoms with E-state index in [1.54, 1.807) is 0 Å². The topological polar surface area (TPSA) is 17.1 Å². The average molecular weight is 150 g/mol. The maximum Gasteiger partial charge on any atom is 0.123 e. The summed E-state index contributed by atoms with van der Waals surface area (Å²) in [5.74, 6) is 1.92. The first-order valence-electron chi connectivity index (χ1n) is 4.54. The van der Waals surface area contributed by atoms with Crippen LogP contribution in [0.15, 0.2) is 12.2 Å². The molecule has 1 fully saturated rings. The van der Waals surface area contributed by atoms with Gasteiger partial charge < -0.3 is 4.79 Å². The van der Waals surface area contributed by atoms with Crippen LogP contribution in [-0.2, 0) is 4.79 Å². The van der Waals surface area contributed by atoms with Crippen molar-refractivity contribution >= 4 is 6.29 Å². The predicted octanol–water partition coefficient (Wildman–Crippen LogP) is 2.18. The van der Waals surface area contributed by atoms with Crippen LogP contribution >= 0.6 is 0 Å². The van der Waals surface area contributed by atoms with E-state index < -0.39 is 0 Å². The van der Waals surface area contributed by atoms with E-state index >= 15 is 0 Å². The van der Waals surface area contributed by atoms with E-state index in [2.05, 4.69) is 12.2 Å². The van der Waals surface area contributed by atoms with Crippen LogP contribution in [0.5, 0.6) is 0 Å². The van der Waals surface area contributed by atoms with Crippen LogP contribution in [0, 0.1) is 17.8 Å². The van der Waals surface area contributed by atoms with Crippen LogP contribution in [0.3, 0.4) is 0 Å². The Balaban J connectivity index is 1.96. The SMILES string of the molecule is O=CC1C2CCC=CCCC12. The highest BCUT2D eigenvalue weighted by molar-refractivity contribution is 5.59. The Morgan fingerprint density at radius 3 is 2.09 bits per heavy atom. The van der Waals surface area contributed by atoms with Crippen LogP contribution < -0.4 is 0 Å². The van der Waals surface area contributed by atoms with Gasteiger partial charge in [-0.3, -0.25) is 0 Å². The minimum absolute atomic E-state index is 0.426. The molecule has 0 saturated heterocycles. The van der Waals surface area contributed by atoms with E-state index in [-0.39, 0.29) is 0 Å². The van der Waals surface area contributed by atoms with E-state index in [1.165, 1.54) is 32.0 Å². The van der Waals surface area contributed by atoms with Crippen molar-refractivity contribution < 1.29 is 4.79 Å². The third-order valence-electron chi connectivity index (χ3n) is 3.05. The molecule has 2 atom stereocenters. The molecular weight excluding hydrogens is 136 g/mol. The molecule has 0 radical (unpaired) electrons. The summed E-state index contributed by atoms with van der Waals surface area (Å²) < 4.78 is 0. The summed E-state index contributed by atoms with van der Waals surface area (Å²) in [5, 5.41) is 0. The van der Waals surface area contributed by atoms with Gasteiger partial charge in [-0.1, -0.05) is 12.2 Å². The summed E-state index contributed by atoms with van der Waals surface area (Å²) in [6.07, 6.45) is 10.5. The monoisotopic (exact) mass is 150 g/mol. The van der Waals surface area contributed by atoms with Gasteiger partial charge in [-0.2, -0.15) is 0 Å². The molecule has 2 aliphatic carbocycles. The molecule has 0 aromatic heterocycles. The Labute approximate surface area is 67.5 Å². The maximum atomic E-state index is 10.5. The van der Waals surface area contributed by atoms with Crippen LogP contribution in [-0.4, -0.2) is 6.29 Å². The summed E-state index contributed by atoms with van der Waals surface area (Å²) in [5.41, 5.74) is 0. The third-order valence-corrected chi connectivity index (χ3v) is 3.05. The molecule has 0 aliphatic heterocycles. The molecule has 11 heavy (non-hydrogen) atoms. The zero-order chi connectivity index (χ0) is 7.68. The van der Waals surface area contributed by atoms with Gasteiger partial charge in [-0.05, 0) is 37.5 Å². The second kappa shape index (κ2) is 2.80. The predicted molar refractivity (Wildman–Crippen MR) is 44.1 cm³/mol. The summed E-state index contributed by atoms with van der Waals surface area (Å²) in [6, 6.07) is 0. The molecule has 1 heteroatoms. The summed E-state index contributed by atoms with van der Waals surface area (Å²) in [6.45, 7) is 0. The minimum Gasteiger partial charge on any atom is -0.303 e. The number of aldehydes is 1. The molecular formula is C10H14O. The Hall–Kier alpha value is -0.590. The standard InChI is InChI=1S/C10H14O/c11-7-10-8-5-3-1-2-4-6-9(8)10/h1-2,7-10H,3-6H2. The van der Waals surface area contributed by atoms with Crippen molar-refractivity contribution in [1.82, 2.24) is 0 Å². The zero-order valence-corrected chi connectivity index (χ0v) is 6.70. The largest absolute Gasteiger partial charge is 0.303 e. The number of hydrogen-bond acceptors (Lipinski definition) is 1. The molecule has 0 aromatic carbocycles. The normalized spacial score (nSPS) is 42.0. The van der Waals surface area contributed by atoms with Crippen molar-refractivity contribution in [3.8, 4) is 0 Å². The first-order valence-corrected chi connectivity index (χ1v) is 4.54. The highest BCUT2D eigenvalue weighted by Crippen LogP contribution is 2.51. The van der Waals surface area contributed by atoms with Crippen LogP contribution in [0.4, 0.5) is 0 Å². The summed E-state index contributed by atoms with van der Waals surface area (Å²) in [4.78, 5) is 10.5. The molecule has 0 aromatic rings. The highest BCUT2D eigenvalue weighted by Gasteiger charge is 2.48. The lowest BCUT2D eigenvalue weighted by molar-refractivity contribution is -0.109. The lowest BCUT2D eigenvalue weighted by atomic mass is 10.1. The molecule has 2 rings (SSSR count). The van der Waals surface area contributed by atoms with Crippen LogP contribution in [0.25, 0.3) is 0 Å². The number of fused-ring (bicyclic) bond motifs is 1. The smallest absolute Gasteiger partial charge is 0.123 e. The first kappa shape index (κ1) is 7.08. The maximum absolute atomic E-state index is 10.5.